The highest BCUT2D eigenvalue weighted by Gasteiger charge is 2.25. The van der Waals surface area contributed by atoms with Gasteiger partial charge in [-0.15, -0.1) is 0 Å². The maximum Gasteiger partial charge on any atom is 0.0409 e. The SMILES string of the molecule is CCC1c2cc(Cl)ccc2CCC1N. The highest BCUT2D eigenvalue weighted by atomic mass is 35.5. The third-order valence-corrected chi connectivity index (χ3v) is 3.45. The molecule has 1 aromatic rings. The molecule has 0 saturated carbocycles. The molecule has 1 aliphatic carbocycles. The average molecular weight is 210 g/mol. The summed E-state index contributed by atoms with van der Waals surface area (Å²) in [5.41, 5.74) is 8.92. The molecule has 2 N–H and O–H groups in total. The Labute approximate surface area is 90.3 Å². The van der Waals surface area contributed by atoms with E-state index in [1.807, 2.05) is 6.07 Å². The number of hydrogen-bond acceptors (Lipinski definition) is 1. The summed E-state index contributed by atoms with van der Waals surface area (Å²) in [5, 5.41) is 0.830. The molecule has 1 nitrogen and oxygen atoms in total. The van der Waals surface area contributed by atoms with Crippen LogP contribution in [0.3, 0.4) is 0 Å². The van der Waals surface area contributed by atoms with E-state index in [1.165, 1.54) is 11.1 Å². The van der Waals surface area contributed by atoms with Crippen LogP contribution < -0.4 is 5.73 Å². The molecule has 2 heteroatoms. The third kappa shape index (κ3) is 1.67. The molecule has 14 heavy (non-hydrogen) atoms. The molecular formula is C12H16ClN. The summed E-state index contributed by atoms with van der Waals surface area (Å²) in [6.07, 6.45) is 3.31. The molecular weight excluding hydrogens is 194 g/mol. The standard InChI is InChI=1S/C12H16ClN/c1-2-10-11-7-9(13)5-3-8(11)4-6-12(10)14/h3,5,7,10,12H,2,4,6,14H2,1H3. The van der Waals surface area contributed by atoms with E-state index in [1.54, 1.807) is 0 Å². The monoisotopic (exact) mass is 209 g/mol. The van der Waals surface area contributed by atoms with Crippen molar-refractivity contribution in [1.29, 1.82) is 0 Å². The Morgan fingerprint density at radius 1 is 1.50 bits per heavy atom. The van der Waals surface area contributed by atoms with Gasteiger partial charge in [-0.3, -0.25) is 0 Å². The van der Waals surface area contributed by atoms with Gasteiger partial charge in [0.2, 0.25) is 0 Å². The number of fused-ring (bicyclic) bond motifs is 1. The maximum atomic E-state index is 6.11. The summed E-state index contributed by atoms with van der Waals surface area (Å²) < 4.78 is 0. The first-order valence-corrected chi connectivity index (χ1v) is 5.64. The van der Waals surface area contributed by atoms with Gasteiger partial charge in [0.25, 0.3) is 0 Å². The van der Waals surface area contributed by atoms with E-state index < -0.39 is 0 Å². The minimum absolute atomic E-state index is 0.311. The fraction of sp³-hybridized carbons (Fsp3) is 0.500. The van der Waals surface area contributed by atoms with E-state index in [2.05, 4.69) is 19.1 Å². The van der Waals surface area contributed by atoms with E-state index in [0.29, 0.717) is 12.0 Å². The second kappa shape index (κ2) is 3.92. The predicted octanol–water partition coefficient (Wildman–Crippen LogP) is 3.11. The van der Waals surface area contributed by atoms with E-state index in [0.717, 1.165) is 24.3 Å². The smallest absolute Gasteiger partial charge is 0.0409 e. The first-order valence-electron chi connectivity index (χ1n) is 5.26. The summed E-state index contributed by atoms with van der Waals surface area (Å²) in [5.74, 6) is 0.498. The van der Waals surface area contributed by atoms with Crippen LogP contribution in [0.15, 0.2) is 18.2 Å². The summed E-state index contributed by atoms with van der Waals surface area (Å²) >= 11 is 6.01. The van der Waals surface area contributed by atoms with Crippen molar-refractivity contribution in [3.05, 3.63) is 34.3 Å². The van der Waals surface area contributed by atoms with Crippen LogP contribution in [0.5, 0.6) is 0 Å². The number of benzene rings is 1. The van der Waals surface area contributed by atoms with Crippen molar-refractivity contribution in [2.24, 2.45) is 5.73 Å². The Kier molecular flexibility index (Phi) is 2.80. The minimum atomic E-state index is 0.311. The molecule has 2 atom stereocenters. The fourth-order valence-electron chi connectivity index (χ4n) is 2.42. The molecule has 0 amide bonds. The van der Waals surface area contributed by atoms with Gasteiger partial charge in [0.15, 0.2) is 0 Å². The molecule has 76 valence electrons. The van der Waals surface area contributed by atoms with Crippen LogP contribution >= 0.6 is 11.6 Å². The molecule has 0 saturated heterocycles. The van der Waals surface area contributed by atoms with Gasteiger partial charge in [-0.2, -0.15) is 0 Å². The van der Waals surface area contributed by atoms with Crippen LogP contribution in [0.25, 0.3) is 0 Å². The zero-order valence-corrected chi connectivity index (χ0v) is 9.22. The minimum Gasteiger partial charge on any atom is -0.327 e. The lowest BCUT2D eigenvalue weighted by molar-refractivity contribution is 0.460. The molecule has 1 aliphatic rings. The molecule has 1 aromatic carbocycles. The van der Waals surface area contributed by atoms with Crippen LogP contribution in [0.2, 0.25) is 5.02 Å². The van der Waals surface area contributed by atoms with Gasteiger partial charge < -0.3 is 5.73 Å². The van der Waals surface area contributed by atoms with Crippen LogP contribution in [0, 0.1) is 0 Å². The Balaban J connectivity index is 2.43. The van der Waals surface area contributed by atoms with Crippen molar-refractivity contribution in [3.8, 4) is 0 Å². The average Bonchev–Trinajstić information content (AvgIpc) is 2.17. The van der Waals surface area contributed by atoms with Gasteiger partial charge in [0, 0.05) is 11.1 Å². The Morgan fingerprint density at radius 2 is 2.29 bits per heavy atom. The van der Waals surface area contributed by atoms with Gasteiger partial charge >= 0.3 is 0 Å². The number of nitrogens with two attached hydrogens (primary N) is 1. The van der Waals surface area contributed by atoms with Gasteiger partial charge in [-0.25, -0.2) is 0 Å². The molecule has 0 bridgehead atoms. The predicted molar refractivity (Wildman–Crippen MR) is 60.8 cm³/mol. The molecule has 0 heterocycles. The second-order valence-electron chi connectivity index (χ2n) is 4.06. The van der Waals surface area contributed by atoms with Crippen molar-refractivity contribution in [2.45, 2.75) is 38.1 Å². The summed E-state index contributed by atoms with van der Waals surface area (Å²) in [6.45, 7) is 2.19. The summed E-state index contributed by atoms with van der Waals surface area (Å²) in [7, 11) is 0. The molecule has 0 aromatic heterocycles. The number of rotatable bonds is 1. The van der Waals surface area contributed by atoms with Crippen LogP contribution in [-0.2, 0) is 6.42 Å². The molecule has 0 fully saturated rings. The topological polar surface area (TPSA) is 26.0 Å². The zero-order valence-electron chi connectivity index (χ0n) is 8.46. The van der Waals surface area contributed by atoms with E-state index in [9.17, 15) is 0 Å². The number of halogens is 1. The van der Waals surface area contributed by atoms with Crippen LogP contribution in [0.1, 0.15) is 36.8 Å². The molecule has 0 radical (unpaired) electrons. The summed E-state index contributed by atoms with van der Waals surface area (Å²) in [4.78, 5) is 0. The second-order valence-corrected chi connectivity index (χ2v) is 4.50. The van der Waals surface area contributed by atoms with Gasteiger partial charge in [0.1, 0.15) is 0 Å². The summed E-state index contributed by atoms with van der Waals surface area (Å²) in [6, 6.07) is 6.52. The largest absolute Gasteiger partial charge is 0.327 e. The first kappa shape index (κ1) is 10.0. The maximum absolute atomic E-state index is 6.11. The van der Waals surface area contributed by atoms with E-state index in [-0.39, 0.29) is 0 Å². The van der Waals surface area contributed by atoms with Crippen LogP contribution in [-0.4, -0.2) is 6.04 Å². The lowest BCUT2D eigenvalue weighted by Gasteiger charge is -2.30. The lowest BCUT2D eigenvalue weighted by Crippen LogP contribution is -2.32. The number of aryl methyl sites for hydroxylation is 1. The number of hydrogen-bond donors (Lipinski definition) is 1. The van der Waals surface area contributed by atoms with Crippen LogP contribution in [0.4, 0.5) is 0 Å². The zero-order chi connectivity index (χ0) is 10.1. The van der Waals surface area contributed by atoms with Crippen molar-refractivity contribution in [3.63, 3.8) is 0 Å². The molecule has 2 rings (SSSR count). The molecule has 2 unspecified atom stereocenters. The van der Waals surface area contributed by atoms with Crippen molar-refractivity contribution < 1.29 is 0 Å². The molecule has 0 spiro atoms. The van der Waals surface area contributed by atoms with Gasteiger partial charge in [-0.1, -0.05) is 24.6 Å². The Morgan fingerprint density at radius 3 is 3.00 bits per heavy atom. The molecule has 0 aliphatic heterocycles. The Bertz CT molecular complexity index is 335. The normalized spacial score (nSPS) is 25.9. The Hall–Kier alpha value is -0.530. The van der Waals surface area contributed by atoms with Crippen molar-refractivity contribution in [2.75, 3.05) is 0 Å². The van der Waals surface area contributed by atoms with Crippen molar-refractivity contribution >= 4 is 11.6 Å². The third-order valence-electron chi connectivity index (χ3n) is 3.21. The van der Waals surface area contributed by atoms with Gasteiger partial charge in [-0.05, 0) is 48.4 Å². The van der Waals surface area contributed by atoms with E-state index in [4.69, 9.17) is 17.3 Å². The quantitative estimate of drug-likeness (QED) is 0.756. The fourth-order valence-corrected chi connectivity index (χ4v) is 2.60. The highest BCUT2D eigenvalue weighted by Crippen LogP contribution is 2.34. The lowest BCUT2D eigenvalue weighted by atomic mass is 9.78. The van der Waals surface area contributed by atoms with Crippen molar-refractivity contribution in [1.82, 2.24) is 0 Å². The first-order chi connectivity index (χ1) is 6.72. The van der Waals surface area contributed by atoms with E-state index >= 15 is 0 Å². The highest BCUT2D eigenvalue weighted by molar-refractivity contribution is 6.30. The van der Waals surface area contributed by atoms with Gasteiger partial charge in [0.05, 0.1) is 0 Å².